The number of carboxylic acids is 1. The molecule has 1 N–H and O–H groups in total. The molecule has 0 radical (unpaired) electrons. The number of carbonyl (C=O) groups is 1. The Morgan fingerprint density at radius 2 is 1.90 bits per heavy atom. The molecule has 2 aliphatic rings. The summed E-state index contributed by atoms with van der Waals surface area (Å²) in [5.41, 5.74) is 3.30. The van der Waals surface area contributed by atoms with Crippen molar-refractivity contribution in [1.82, 2.24) is 9.55 Å². The smallest absolute Gasteiger partial charge is 0.341 e. The largest absolute Gasteiger partial charge is 0.495 e. The zero-order valence-electron chi connectivity index (χ0n) is 22.6. The van der Waals surface area contributed by atoms with Crippen LogP contribution < -0.4 is 20.0 Å². The highest BCUT2D eigenvalue weighted by Gasteiger charge is 2.28. The summed E-state index contributed by atoms with van der Waals surface area (Å²) in [5, 5.41) is 9.72. The van der Waals surface area contributed by atoms with Crippen LogP contribution in [0, 0.1) is 0 Å². The number of hydrogen-bond acceptors (Lipinski definition) is 8. The first-order valence-corrected chi connectivity index (χ1v) is 13.6. The number of anilines is 2. The Bertz CT molecular complexity index is 1620. The van der Waals surface area contributed by atoms with Gasteiger partial charge in [0.1, 0.15) is 16.8 Å². The van der Waals surface area contributed by atoms with Gasteiger partial charge < -0.3 is 33.4 Å². The predicted octanol–water partition coefficient (Wildman–Crippen LogP) is 4.57. The Hall–Kier alpha value is -4.31. The monoisotopic (exact) mass is 544 g/mol. The number of oxazole rings is 1. The Morgan fingerprint density at radius 3 is 2.65 bits per heavy atom. The molecule has 2 aromatic heterocycles. The molecule has 0 unspecified atom stereocenters. The van der Waals surface area contributed by atoms with Crippen molar-refractivity contribution in [2.24, 2.45) is 0 Å². The fraction of sp³-hybridized carbons (Fsp3) is 0.367. The third-order valence-electron chi connectivity index (χ3n) is 7.82. The lowest BCUT2D eigenvalue weighted by molar-refractivity contribution is 0.0695. The molecule has 0 bridgehead atoms. The maximum absolute atomic E-state index is 12.8. The number of aromatic nitrogens is 2. The van der Waals surface area contributed by atoms with E-state index in [1.165, 1.54) is 12.3 Å². The molecule has 2 aromatic carbocycles. The minimum Gasteiger partial charge on any atom is -0.495 e. The summed E-state index contributed by atoms with van der Waals surface area (Å²) in [6.45, 7) is 3.38. The van der Waals surface area contributed by atoms with Crippen LogP contribution in [0.5, 0.6) is 5.75 Å². The summed E-state index contributed by atoms with van der Waals surface area (Å²) >= 11 is 0. The van der Waals surface area contributed by atoms with E-state index in [1.54, 1.807) is 18.8 Å². The summed E-state index contributed by atoms with van der Waals surface area (Å²) in [5.74, 6) is -0.583. The summed E-state index contributed by atoms with van der Waals surface area (Å²) in [6.07, 6.45) is 5.69. The highest BCUT2D eigenvalue weighted by atomic mass is 16.5. The van der Waals surface area contributed by atoms with Crippen LogP contribution >= 0.6 is 0 Å². The molecule has 10 heteroatoms. The van der Waals surface area contributed by atoms with Gasteiger partial charge in [0.05, 0.1) is 31.1 Å². The fourth-order valence-electron chi connectivity index (χ4n) is 5.81. The zero-order valence-corrected chi connectivity index (χ0v) is 22.6. The van der Waals surface area contributed by atoms with Crippen molar-refractivity contribution in [3.8, 4) is 22.7 Å². The molecule has 10 nitrogen and oxygen atoms in total. The quantitative estimate of drug-likeness (QED) is 0.341. The van der Waals surface area contributed by atoms with Crippen LogP contribution in [0.3, 0.4) is 0 Å². The number of nitrogens with zero attached hydrogens (tertiary/aromatic N) is 4. The van der Waals surface area contributed by atoms with Crippen LogP contribution in [0.1, 0.15) is 36.0 Å². The molecule has 0 amide bonds. The second kappa shape index (κ2) is 10.7. The van der Waals surface area contributed by atoms with Crippen LogP contribution in [0.4, 0.5) is 11.7 Å². The molecule has 40 heavy (non-hydrogen) atoms. The highest BCUT2D eigenvalue weighted by Crippen LogP contribution is 2.36. The number of rotatable bonds is 8. The van der Waals surface area contributed by atoms with Gasteiger partial charge in [0.2, 0.25) is 0 Å². The number of pyridine rings is 1. The third kappa shape index (κ3) is 4.68. The maximum Gasteiger partial charge on any atom is 0.341 e. The van der Waals surface area contributed by atoms with Crippen LogP contribution in [0.15, 0.2) is 57.9 Å². The van der Waals surface area contributed by atoms with Crippen molar-refractivity contribution in [3.63, 3.8) is 0 Å². The van der Waals surface area contributed by atoms with Gasteiger partial charge in [0.15, 0.2) is 11.0 Å². The van der Waals surface area contributed by atoms with E-state index in [-0.39, 0.29) is 11.6 Å². The van der Waals surface area contributed by atoms with Crippen LogP contribution in [-0.4, -0.2) is 67.1 Å². The van der Waals surface area contributed by atoms with E-state index in [2.05, 4.69) is 9.80 Å². The number of ether oxygens (including phenoxy) is 2. The van der Waals surface area contributed by atoms with E-state index in [9.17, 15) is 14.7 Å². The van der Waals surface area contributed by atoms with Crippen LogP contribution in [0.25, 0.3) is 28.0 Å². The van der Waals surface area contributed by atoms with Gasteiger partial charge in [0.25, 0.3) is 6.01 Å². The van der Waals surface area contributed by atoms with Gasteiger partial charge >= 0.3 is 5.97 Å². The van der Waals surface area contributed by atoms with Gasteiger partial charge in [-0.3, -0.25) is 4.79 Å². The molecule has 4 aromatic rings. The van der Waals surface area contributed by atoms with Gasteiger partial charge in [-0.05, 0) is 49.9 Å². The molecule has 6 rings (SSSR count). The second-order valence-electron chi connectivity index (χ2n) is 10.3. The Balaban J connectivity index is 1.45. The molecule has 4 heterocycles. The number of aromatic carboxylic acids is 1. The predicted molar refractivity (Wildman–Crippen MR) is 152 cm³/mol. The first-order valence-electron chi connectivity index (χ1n) is 13.6. The van der Waals surface area contributed by atoms with Crippen molar-refractivity contribution in [1.29, 1.82) is 0 Å². The lowest BCUT2D eigenvalue weighted by Gasteiger charge is -2.22. The Labute approximate surface area is 231 Å². The third-order valence-corrected chi connectivity index (χ3v) is 7.82. The molecular formula is C30H32N4O6. The normalized spacial score (nSPS) is 17.2. The van der Waals surface area contributed by atoms with Crippen LogP contribution in [0.2, 0.25) is 0 Å². The molecule has 2 fully saturated rings. The molecule has 0 aliphatic carbocycles. The minimum absolute atomic E-state index is 0.208. The summed E-state index contributed by atoms with van der Waals surface area (Å²) in [6, 6.07) is 13.5. The topological polar surface area (TPSA) is 110 Å². The van der Waals surface area contributed by atoms with Crippen molar-refractivity contribution >= 4 is 28.8 Å². The van der Waals surface area contributed by atoms with Crippen molar-refractivity contribution in [2.75, 3.05) is 50.3 Å². The van der Waals surface area contributed by atoms with E-state index in [1.807, 2.05) is 36.4 Å². The first kappa shape index (κ1) is 25.9. The average molecular weight is 545 g/mol. The molecule has 0 saturated carbocycles. The van der Waals surface area contributed by atoms with Gasteiger partial charge in [0, 0.05) is 56.3 Å². The summed E-state index contributed by atoms with van der Waals surface area (Å²) < 4.78 is 19.0. The number of fused-ring (bicyclic) bond motifs is 1. The molecule has 2 saturated heterocycles. The number of carboxylic acid groups (broad SMARTS) is 1. The molecule has 0 spiro atoms. The van der Waals surface area contributed by atoms with Crippen molar-refractivity contribution in [2.45, 2.75) is 31.7 Å². The lowest BCUT2D eigenvalue weighted by Crippen LogP contribution is -2.32. The number of benzene rings is 2. The SMILES string of the molecule is COC[C@H]1CCCN1c1nc2ccc(-n3cc(C(=O)O)c(=O)cc3-c3ccc(N4CCCC4)c(OC)c3)cc2o1. The Morgan fingerprint density at radius 1 is 1.07 bits per heavy atom. The van der Waals surface area contributed by atoms with E-state index in [0.29, 0.717) is 40.9 Å². The first-order chi connectivity index (χ1) is 19.5. The number of methoxy groups -OCH3 is 2. The van der Waals surface area contributed by atoms with Crippen molar-refractivity contribution in [3.05, 3.63) is 64.4 Å². The van der Waals surface area contributed by atoms with Crippen molar-refractivity contribution < 1.29 is 23.8 Å². The van der Waals surface area contributed by atoms with E-state index in [4.69, 9.17) is 18.9 Å². The minimum atomic E-state index is -1.28. The van der Waals surface area contributed by atoms with E-state index < -0.39 is 11.4 Å². The molecule has 1 atom stereocenters. The average Bonchev–Trinajstić information content (AvgIpc) is 3.73. The van der Waals surface area contributed by atoms with Gasteiger partial charge in [-0.15, -0.1) is 0 Å². The van der Waals surface area contributed by atoms with Gasteiger partial charge in [-0.1, -0.05) is 6.07 Å². The van der Waals surface area contributed by atoms with E-state index >= 15 is 0 Å². The summed E-state index contributed by atoms with van der Waals surface area (Å²) in [4.78, 5) is 33.9. The molecule has 2 aliphatic heterocycles. The standard InChI is InChI=1S/C30H32N4O6/c1-38-18-21-6-5-13-33(21)30-31-23-9-8-20(15-27(23)40-30)34-17-22(29(36)37)26(35)16-25(34)19-7-10-24(28(14-19)39-2)32-11-3-4-12-32/h7-10,14-17,21H,3-6,11-13,18H2,1-2H3,(H,36,37)/t21-/m1/s1. The summed E-state index contributed by atoms with van der Waals surface area (Å²) in [7, 11) is 3.32. The Kier molecular flexibility index (Phi) is 6.93. The zero-order chi connectivity index (χ0) is 27.8. The number of hydrogen-bond donors (Lipinski definition) is 1. The fourth-order valence-corrected chi connectivity index (χ4v) is 5.81. The van der Waals surface area contributed by atoms with E-state index in [0.717, 1.165) is 56.6 Å². The second-order valence-corrected chi connectivity index (χ2v) is 10.3. The molecular weight excluding hydrogens is 512 g/mol. The maximum atomic E-state index is 12.8. The highest BCUT2D eigenvalue weighted by molar-refractivity contribution is 5.88. The molecule has 208 valence electrons. The van der Waals surface area contributed by atoms with Gasteiger partial charge in [-0.2, -0.15) is 4.98 Å². The lowest BCUT2D eigenvalue weighted by atomic mass is 10.1. The van der Waals surface area contributed by atoms with Crippen LogP contribution in [-0.2, 0) is 4.74 Å². The van der Waals surface area contributed by atoms with Gasteiger partial charge in [-0.25, -0.2) is 4.79 Å².